The molecule has 1 amide bonds. The molecule has 1 aromatic rings. The van der Waals surface area contributed by atoms with Crippen LogP contribution in [0.3, 0.4) is 0 Å². The number of carbonyl (C=O) groups is 1. The van der Waals surface area contributed by atoms with E-state index in [0.29, 0.717) is 18.2 Å². The molecule has 1 fully saturated rings. The van der Waals surface area contributed by atoms with Gasteiger partial charge in [0.1, 0.15) is 5.69 Å². The molecule has 0 saturated carbocycles. The molecule has 0 spiro atoms. The zero-order valence-corrected chi connectivity index (χ0v) is 12.3. The highest BCUT2D eigenvalue weighted by molar-refractivity contribution is 5.92. The average Bonchev–Trinajstić information content (AvgIpc) is 2.97. The zero-order chi connectivity index (χ0) is 14.4. The first kappa shape index (κ1) is 14.7. The maximum atomic E-state index is 12.0. The molecule has 0 atom stereocenters. The van der Waals surface area contributed by atoms with Gasteiger partial charge in [0.25, 0.3) is 5.91 Å². The molecule has 0 radical (unpaired) electrons. The van der Waals surface area contributed by atoms with Crippen molar-refractivity contribution in [1.29, 1.82) is 0 Å². The van der Waals surface area contributed by atoms with Gasteiger partial charge < -0.3 is 15.1 Å². The fraction of sp³-hybridized carbons (Fsp3) is 0.643. The second kappa shape index (κ2) is 7.19. The van der Waals surface area contributed by atoms with Crippen molar-refractivity contribution in [3.8, 4) is 0 Å². The second-order valence-corrected chi connectivity index (χ2v) is 5.35. The Morgan fingerprint density at radius 3 is 2.85 bits per heavy atom. The van der Waals surface area contributed by atoms with Crippen LogP contribution in [-0.4, -0.2) is 61.0 Å². The summed E-state index contributed by atoms with van der Waals surface area (Å²) in [6, 6.07) is 1.67. The van der Waals surface area contributed by atoms with Crippen molar-refractivity contribution < 1.29 is 4.79 Å². The van der Waals surface area contributed by atoms with E-state index in [9.17, 15) is 4.79 Å². The summed E-state index contributed by atoms with van der Waals surface area (Å²) in [6.07, 6.45) is 4.94. The van der Waals surface area contributed by atoms with Gasteiger partial charge in [0.15, 0.2) is 0 Å². The summed E-state index contributed by atoms with van der Waals surface area (Å²) in [4.78, 5) is 24.9. The van der Waals surface area contributed by atoms with Gasteiger partial charge in [-0.15, -0.1) is 0 Å². The molecule has 20 heavy (non-hydrogen) atoms. The number of hydrogen-bond donors (Lipinski definition) is 1. The minimum atomic E-state index is -0.119. The van der Waals surface area contributed by atoms with Crippen molar-refractivity contribution in [1.82, 2.24) is 20.2 Å². The number of rotatable bonds is 6. The van der Waals surface area contributed by atoms with Crippen molar-refractivity contribution in [3.63, 3.8) is 0 Å². The fourth-order valence-corrected chi connectivity index (χ4v) is 2.23. The van der Waals surface area contributed by atoms with E-state index in [1.807, 2.05) is 14.1 Å². The third-order valence-electron chi connectivity index (χ3n) is 3.33. The molecule has 0 aliphatic carbocycles. The van der Waals surface area contributed by atoms with Crippen LogP contribution < -0.4 is 10.2 Å². The molecule has 0 unspecified atom stereocenters. The lowest BCUT2D eigenvalue weighted by atomic mass is 10.3. The predicted octanol–water partition coefficient (Wildman–Crippen LogP) is 0.758. The number of aromatic nitrogens is 2. The monoisotopic (exact) mass is 277 g/mol. The SMILES string of the molecule is CN(C)CCCNC(=O)c1ccnc(N2CCCC2)n1. The number of hydrogen-bond acceptors (Lipinski definition) is 5. The molecule has 1 aromatic heterocycles. The molecule has 0 bridgehead atoms. The van der Waals surface area contributed by atoms with Crippen LogP contribution in [0, 0.1) is 0 Å². The summed E-state index contributed by atoms with van der Waals surface area (Å²) in [7, 11) is 4.04. The highest BCUT2D eigenvalue weighted by Crippen LogP contribution is 2.15. The molecular formula is C14H23N5O. The minimum Gasteiger partial charge on any atom is -0.351 e. The van der Waals surface area contributed by atoms with Crippen LogP contribution in [0.4, 0.5) is 5.95 Å². The Kier molecular flexibility index (Phi) is 5.29. The molecule has 6 heteroatoms. The van der Waals surface area contributed by atoms with Crippen LogP contribution in [0.2, 0.25) is 0 Å². The lowest BCUT2D eigenvalue weighted by Crippen LogP contribution is -2.29. The minimum absolute atomic E-state index is 0.119. The number of nitrogens with zero attached hydrogens (tertiary/aromatic N) is 4. The van der Waals surface area contributed by atoms with Gasteiger partial charge in [0.2, 0.25) is 5.95 Å². The van der Waals surface area contributed by atoms with Gasteiger partial charge in [-0.1, -0.05) is 0 Å². The lowest BCUT2D eigenvalue weighted by molar-refractivity contribution is 0.0947. The Morgan fingerprint density at radius 2 is 2.15 bits per heavy atom. The van der Waals surface area contributed by atoms with E-state index in [2.05, 4.69) is 25.1 Å². The molecule has 1 aliphatic heterocycles. The highest BCUT2D eigenvalue weighted by atomic mass is 16.1. The molecule has 110 valence electrons. The largest absolute Gasteiger partial charge is 0.351 e. The quantitative estimate of drug-likeness (QED) is 0.778. The maximum Gasteiger partial charge on any atom is 0.270 e. The van der Waals surface area contributed by atoms with Crippen molar-refractivity contribution in [2.45, 2.75) is 19.3 Å². The molecule has 6 nitrogen and oxygen atoms in total. The highest BCUT2D eigenvalue weighted by Gasteiger charge is 2.16. The molecule has 2 rings (SSSR count). The number of anilines is 1. The fourth-order valence-electron chi connectivity index (χ4n) is 2.23. The van der Waals surface area contributed by atoms with Gasteiger partial charge in [-0.3, -0.25) is 4.79 Å². The molecule has 1 saturated heterocycles. The molecule has 1 N–H and O–H groups in total. The maximum absolute atomic E-state index is 12.0. The van der Waals surface area contributed by atoms with E-state index in [4.69, 9.17) is 0 Å². The Hall–Kier alpha value is -1.69. The van der Waals surface area contributed by atoms with Crippen LogP contribution in [-0.2, 0) is 0 Å². The second-order valence-electron chi connectivity index (χ2n) is 5.35. The summed E-state index contributed by atoms with van der Waals surface area (Å²) < 4.78 is 0. The standard InChI is InChI=1S/C14H23N5O/c1-18(2)9-5-7-15-13(20)12-6-8-16-14(17-12)19-10-3-4-11-19/h6,8H,3-5,7,9-11H2,1-2H3,(H,15,20). The van der Waals surface area contributed by atoms with E-state index in [-0.39, 0.29) is 5.91 Å². The first-order valence-corrected chi connectivity index (χ1v) is 7.18. The summed E-state index contributed by atoms with van der Waals surface area (Å²) in [5.41, 5.74) is 0.451. The van der Waals surface area contributed by atoms with Crippen LogP contribution in [0.5, 0.6) is 0 Å². The Labute approximate surface area is 120 Å². The summed E-state index contributed by atoms with van der Waals surface area (Å²) in [6.45, 7) is 3.59. The van der Waals surface area contributed by atoms with Gasteiger partial charge in [0, 0.05) is 25.8 Å². The van der Waals surface area contributed by atoms with Crippen LogP contribution in [0.25, 0.3) is 0 Å². The Morgan fingerprint density at radius 1 is 1.40 bits per heavy atom. The lowest BCUT2D eigenvalue weighted by Gasteiger charge is -2.15. The average molecular weight is 277 g/mol. The Bertz CT molecular complexity index is 443. The third-order valence-corrected chi connectivity index (χ3v) is 3.33. The number of carbonyl (C=O) groups excluding carboxylic acids is 1. The molecule has 0 aromatic carbocycles. The summed E-state index contributed by atoms with van der Waals surface area (Å²) in [5.74, 6) is 0.551. The van der Waals surface area contributed by atoms with Gasteiger partial charge >= 0.3 is 0 Å². The first-order valence-electron chi connectivity index (χ1n) is 7.18. The number of amides is 1. The van der Waals surface area contributed by atoms with Gasteiger partial charge in [-0.2, -0.15) is 0 Å². The predicted molar refractivity (Wildman–Crippen MR) is 79.0 cm³/mol. The van der Waals surface area contributed by atoms with Gasteiger partial charge in [0.05, 0.1) is 0 Å². The number of nitrogens with one attached hydrogen (secondary N) is 1. The first-order chi connectivity index (χ1) is 9.66. The Balaban J connectivity index is 1.87. The van der Waals surface area contributed by atoms with Crippen molar-refractivity contribution in [2.75, 3.05) is 45.2 Å². The van der Waals surface area contributed by atoms with Gasteiger partial charge in [-0.05, 0) is 46.0 Å². The van der Waals surface area contributed by atoms with Crippen molar-refractivity contribution in [2.24, 2.45) is 0 Å². The molecular weight excluding hydrogens is 254 g/mol. The van der Waals surface area contributed by atoms with Crippen LogP contribution in [0.1, 0.15) is 29.8 Å². The zero-order valence-electron chi connectivity index (χ0n) is 12.3. The van der Waals surface area contributed by atoms with Crippen molar-refractivity contribution >= 4 is 11.9 Å². The third kappa shape index (κ3) is 4.16. The van der Waals surface area contributed by atoms with E-state index < -0.39 is 0 Å². The van der Waals surface area contributed by atoms with E-state index in [1.165, 1.54) is 12.8 Å². The van der Waals surface area contributed by atoms with E-state index in [1.54, 1.807) is 12.3 Å². The van der Waals surface area contributed by atoms with E-state index in [0.717, 1.165) is 26.1 Å². The normalized spacial score (nSPS) is 14.8. The van der Waals surface area contributed by atoms with Crippen LogP contribution in [0.15, 0.2) is 12.3 Å². The van der Waals surface area contributed by atoms with E-state index >= 15 is 0 Å². The van der Waals surface area contributed by atoms with Crippen LogP contribution >= 0.6 is 0 Å². The summed E-state index contributed by atoms with van der Waals surface area (Å²) >= 11 is 0. The van der Waals surface area contributed by atoms with Gasteiger partial charge in [-0.25, -0.2) is 9.97 Å². The molecule has 2 heterocycles. The topological polar surface area (TPSA) is 61.4 Å². The van der Waals surface area contributed by atoms with Crippen molar-refractivity contribution in [3.05, 3.63) is 18.0 Å². The summed E-state index contributed by atoms with van der Waals surface area (Å²) in [5, 5.41) is 2.90. The smallest absolute Gasteiger partial charge is 0.270 e. The molecule has 1 aliphatic rings.